The number of aromatic nitrogens is 1. The van der Waals surface area contributed by atoms with E-state index in [1.54, 1.807) is 22.9 Å². The van der Waals surface area contributed by atoms with E-state index in [1.165, 1.54) is 12.1 Å². The van der Waals surface area contributed by atoms with E-state index in [2.05, 4.69) is 4.98 Å². The second-order valence-electron chi connectivity index (χ2n) is 4.22. The Balaban J connectivity index is 2.22. The SMILES string of the molecule is Cc1ncsc1CN(C)c1ccc([N+](=O)[O-])cc1N. The summed E-state index contributed by atoms with van der Waals surface area (Å²) in [6.45, 7) is 2.64. The highest BCUT2D eigenvalue weighted by Crippen LogP contribution is 2.28. The Labute approximate surface area is 114 Å². The third-order valence-electron chi connectivity index (χ3n) is 2.86. The number of nitro benzene ring substituents is 1. The van der Waals surface area contributed by atoms with Crippen LogP contribution >= 0.6 is 11.3 Å². The second-order valence-corrected chi connectivity index (χ2v) is 5.16. The first kappa shape index (κ1) is 13.3. The highest BCUT2D eigenvalue weighted by molar-refractivity contribution is 7.09. The van der Waals surface area contributed by atoms with E-state index in [9.17, 15) is 10.1 Å². The molecule has 2 rings (SSSR count). The van der Waals surface area contributed by atoms with Gasteiger partial charge in [0.15, 0.2) is 0 Å². The van der Waals surface area contributed by atoms with Crippen LogP contribution < -0.4 is 10.6 Å². The lowest BCUT2D eigenvalue weighted by atomic mass is 10.2. The summed E-state index contributed by atoms with van der Waals surface area (Å²) in [6.07, 6.45) is 0. The van der Waals surface area contributed by atoms with Gasteiger partial charge in [0.25, 0.3) is 5.69 Å². The zero-order valence-electron chi connectivity index (χ0n) is 10.7. The number of hydrogen-bond acceptors (Lipinski definition) is 6. The molecular weight excluding hydrogens is 264 g/mol. The van der Waals surface area contributed by atoms with Crippen molar-refractivity contribution >= 4 is 28.4 Å². The monoisotopic (exact) mass is 278 g/mol. The highest BCUT2D eigenvalue weighted by Gasteiger charge is 2.13. The molecule has 0 aliphatic carbocycles. The third-order valence-corrected chi connectivity index (χ3v) is 3.78. The maximum atomic E-state index is 10.7. The molecule has 7 heteroatoms. The minimum absolute atomic E-state index is 0.00335. The van der Waals surface area contributed by atoms with Crippen LogP contribution in [-0.4, -0.2) is 17.0 Å². The van der Waals surface area contributed by atoms with Crippen molar-refractivity contribution in [2.24, 2.45) is 0 Å². The number of benzene rings is 1. The molecule has 0 saturated carbocycles. The minimum Gasteiger partial charge on any atom is -0.397 e. The predicted molar refractivity (Wildman–Crippen MR) is 76.5 cm³/mol. The van der Waals surface area contributed by atoms with Crippen LogP contribution in [0.2, 0.25) is 0 Å². The number of thiazole rings is 1. The van der Waals surface area contributed by atoms with Crippen molar-refractivity contribution in [2.75, 3.05) is 17.7 Å². The number of nitrogen functional groups attached to an aromatic ring is 1. The van der Waals surface area contributed by atoms with Gasteiger partial charge >= 0.3 is 0 Å². The largest absolute Gasteiger partial charge is 0.397 e. The van der Waals surface area contributed by atoms with E-state index in [1.807, 2.05) is 18.9 Å². The van der Waals surface area contributed by atoms with Crippen LogP contribution in [0.3, 0.4) is 0 Å². The Morgan fingerprint density at radius 2 is 2.26 bits per heavy atom. The van der Waals surface area contributed by atoms with Crippen LogP contribution in [0, 0.1) is 17.0 Å². The molecule has 1 heterocycles. The number of nitrogens with zero attached hydrogens (tertiary/aromatic N) is 3. The van der Waals surface area contributed by atoms with Gasteiger partial charge in [-0.2, -0.15) is 0 Å². The molecule has 0 unspecified atom stereocenters. The van der Waals surface area contributed by atoms with Crippen LogP contribution in [0.5, 0.6) is 0 Å². The number of hydrogen-bond donors (Lipinski definition) is 1. The number of nitrogens with two attached hydrogens (primary N) is 1. The molecule has 6 nitrogen and oxygen atoms in total. The molecule has 2 N–H and O–H groups in total. The van der Waals surface area contributed by atoms with Gasteiger partial charge in [-0.3, -0.25) is 10.1 Å². The Kier molecular flexibility index (Phi) is 3.66. The molecule has 1 aromatic carbocycles. The molecule has 0 spiro atoms. The van der Waals surface area contributed by atoms with E-state index >= 15 is 0 Å². The standard InChI is InChI=1S/C12H14N4O2S/c1-8-12(19-7-14-8)6-15(2)11-4-3-9(16(17)18)5-10(11)13/h3-5,7H,6,13H2,1-2H3. The fourth-order valence-electron chi connectivity index (χ4n) is 1.78. The average Bonchev–Trinajstić information content (AvgIpc) is 2.74. The fourth-order valence-corrected chi connectivity index (χ4v) is 2.61. The predicted octanol–water partition coefficient (Wildman–Crippen LogP) is 2.58. The number of rotatable bonds is 4. The van der Waals surface area contributed by atoms with Gasteiger partial charge in [-0.05, 0) is 13.0 Å². The van der Waals surface area contributed by atoms with Crippen molar-refractivity contribution in [3.8, 4) is 0 Å². The zero-order chi connectivity index (χ0) is 14.0. The lowest BCUT2D eigenvalue weighted by Crippen LogP contribution is -2.17. The molecule has 100 valence electrons. The van der Waals surface area contributed by atoms with E-state index in [0.717, 1.165) is 16.3 Å². The third kappa shape index (κ3) is 2.82. The van der Waals surface area contributed by atoms with Gasteiger partial charge in [-0.25, -0.2) is 4.98 Å². The van der Waals surface area contributed by atoms with Crippen molar-refractivity contribution in [1.82, 2.24) is 4.98 Å². The van der Waals surface area contributed by atoms with E-state index < -0.39 is 4.92 Å². The van der Waals surface area contributed by atoms with Crippen molar-refractivity contribution in [3.05, 3.63) is 44.4 Å². The smallest absolute Gasteiger partial charge is 0.271 e. The molecule has 19 heavy (non-hydrogen) atoms. The van der Waals surface area contributed by atoms with Crippen LogP contribution in [0.1, 0.15) is 10.6 Å². The quantitative estimate of drug-likeness (QED) is 0.528. The summed E-state index contributed by atoms with van der Waals surface area (Å²) >= 11 is 1.58. The molecule has 0 atom stereocenters. The van der Waals surface area contributed by atoms with Gasteiger partial charge in [0.2, 0.25) is 0 Å². The molecule has 0 amide bonds. The summed E-state index contributed by atoms with van der Waals surface area (Å²) in [7, 11) is 1.90. The van der Waals surface area contributed by atoms with Crippen LogP contribution in [-0.2, 0) is 6.54 Å². The molecule has 0 aliphatic heterocycles. The Hall–Kier alpha value is -2.15. The normalized spacial score (nSPS) is 10.4. The van der Waals surface area contributed by atoms with Crippen molar-refractivity contribution in [3.63, 3.8) is 0 Å². The fraction of sp³-hybridized carbons (Fsp3) is 0.250. The molecule has 0 bridgehead atoms. The van der Waals surface area contributed by atoms with Gasteiger partial charge < -0.3 is 10.6 Å². The Bertz CT molecular complexity index is 612. The number of aryl methyl sites for hydroxylation is 1. The summed E-state index contributed by atoms with van der Waals surface area (Å²) < 4.78 is 0. The Morgan fingerprint density at radius 3 is 2.79 bits per heavy atom. The first-order valence-corrected chi connectivity index (χ1v) is 6.51. The van der Waals surface area contributed by atoms with Crippen LogP contribution in [0.25, 0.3) is 0 Å². The molecule has 2 aromatic rings. The zero-order valence-corrected chi connectivity index (χ0v) is 11.5. The number of nitro groups is 1. The van der Waals surface area contributed by atoms with Crippen molar-refractivity contribution < 1.29 is 4.92 Å². The van der Waals surface area contributed by atoms with Gasteiger partial charge in [-0.1, -0.05) is 0 Å². The molecule has 0 radical (unpaired) electrons. The van der Waals surface area contributed by atoms with Gasteiger partial charge in [-0.15, -0.1) is 11.3 Å². The Morgan fingerprint density at radius 1 is 1.53 bits per heavy atom. The molecule has 0 saturated heterocycles. The average molecular weight is 278 g/mol. The topological polar surface area (TPSA) is 85.3 Å². The summed E-state index contributed by atoms with van der Waals surface area (Å²) in [4.78, 5) is 17.5. The highest BCUT2D eigenvalue weighted by atomic mass is 32.1. The molecule has 0 fully saturated rings. The summed E-state index contributed by atoms with van der Waals surface area (Å²) in [6, 6.07) is 4.51. The van der Waals surface area contributed by atoms with Crippen LogP contribution in [0.4, 0.5) is 17.1 Å². The van der Waals surface area contributed by atoms with Crippen molar-refractivity contribution in [2.45, 2.75) is 13.5 Å². The number of non-ortho nitro benzene ring substituents is 1. The van der Waals surface area contributed by atoms with Gasteiger partial charge in [0.05, 0.1) is 34.0 Å². The van der Waals surface area contributed by atoms with Crippen LogP contribution in [0.15, 0.2) is 23.7 Å². The van der Waals surface area contributed by atoms with Crippen molar-refractivity contribution in [1.29, 1.82) is 0 Å². The first-order valence-electron chi connectivity index (χ1n) is 5.63. The summed E-state index contributed by atoms with van der Waals surface area (Å²) in [5, 5.41) is 10.7. The van der Waals surface area contributed by atoms with Gasteiger partial charge in [0.1, 0.15) is 0 Å². The maximum Gasteiger partial charge on any atom is 0.271 e. The lowest BCUT2D eigenvalue weighted by molar-refractivity contribution is -0.384. The molecule has 1 aromatic heterocycles. The molecular formula is C12H14N4O2S. The lowest BCUT2D eigenvalue weighted by Gasteiger charge is -2.20. The van der Waals surface area contributed by atoms with E-state index in [-0.39, 0.29) is 5.69 Å². The second kappa shape index (κ2) is 5.23. The van der Waals surface area contributed by atoms with E-state index in [4.69, 9.17) is 5.73 Å². The maximum absolute atomic E-state index is 10.7. The first-order chi connectivity index (χ1) is 8.99. The van der Waals surface area contributed by atoms with Gasteiger partial charge in [0, 0.05) is 24.1 Å². The molecule has 0 aliphatic rings. The summed E-state index contributed by atoms with van der Waals surface area (Å²) in [5.74, 6) is 0. The van der Waals surface area contributed by atoms with E-state index in [0.29, 0.717) is 12.2 Å². The summed E-state index contributed by atoms with van der Waals surface area (Å²) in [5.41, 5.74) is 9.85. The minimum atomic E-state index is -0.451. The number of anilines is 2.